The van der Waals surface area contributed by atoms with Gasteiger partial charge in [-0.3, -0.25) is 9.40 Å². The number of sulfonamides is 1. The van der Waals surface area contributed by atoms with Crippen LogP contribution in [-0.2, 0) is 16.6 Å². The molecule has 1 aromatic heterocycles. The summed E-state index contributed by atoms with van der Waals surface area (Å²) in [5, 5.41) is 12.8. The first-order valence-corrected chi connectivity index (χ1v) is 7.57. The monoisotopic (exact) mass is 310 g/mol. The summed E-state index contributed by atoms with van der Waals surface area (Å²) in [4.78, 5) is -0.00857. The Kier molecular flexibility index (Phi) is 3.97. The van der Waals surface area contributed by atoms with Gasteiger partial charge in [0.15, 0.2) is 0 Å². The topological polar surface area (TPSA) is 87.8 Å². The average molecular weight is 311 g/mol. The number of hydrogen-bond acceptors (Lipinski definition) is 4. The molecule has 6 nitrogen and oxygen atoms in total. The quantitative estimate of drug-likeness (QED) is 0.938. The number of nitrogens with zero attached hydrogens (tertiary/aromatic N) is 3. The van der Waals surface area contributed by atoms with E-state index in [2.05, 4.69) is 9.82 Å². The molecule has 0 spiro atoms. The molecule has 0 aliphatic carbocycles. The summed E-state index contributed by atoms with van der Waals surface area (Å²) in [6, 6.07) is 5.81. The van der Waals surface area contributed by atoms with E-state index in [1.54, 1.807) is 10.9 Å². The van der Waals surface area contributed by atoms with Gasteiger partial charge < -0.3 is 0 Å². The third-order valence-electron chi connectivity index (χ3n) is 2.58. The SMILES string of the molecule is CCn1cc(NS(=O)(=O)c2ccc(C#N)c(Cl)c2)cn1. The lowest BCUT2D eigenvalue weighted by Crippen LogP contribution is -2.12. The Hall–Kier alpha value is -2.04. The second kappa shape index (κ2) is 5.53. The summed E-state index contributed by atoms with van der Waals surface area (Å²) in [6.45, 7) is 2.54. The van der Waals surface area contributed by atoms with Crippen LogP contribution in [0.2, 0.25) is 5.02 Å². The molecule has 1 N–H and O–H groups in total. The van der Waals surface area contributed by atoms with E-state index in [1.807, 2.05) is 13.0 Å². The molecular weight excluding hydrogens is 300 g/mol. The van der Waals surface area contributed by atoms with Crippen LogP contribution in [0.25, 0.3) is 0 Å². The van der Waals surface area contributed by atoms with Crippen LogP contribution in [0.1, 0.15) is 12.5 Å². The number of nitrogens with one attached hydrogen (secondary N) is 1. The first-order chi connectivity index (χ1) is 9.46. The highest BCUT2D eigenvalue weighted by Crippen LogP contribution is 2.22. The van der Waals surface area contributed by atoms with Gasteiger partial charge >= 0.3 is 0 Å². The van der Waals surface area contributed by atoms with Gasteiger partial charge in [-0.05, 0) is 25.1 Å². The van der Waals surface area contributed by atoms with Gasteiger partial charge in [0.25, 0.3) is 10.0 Å². The smallest absolute Gasteiger partial charge is 0.262 e. The first-order valence-electron chi connectivity index (χ1n) is 5.71. The summed E-state index contributed by atoms with van der Waals surface area (Å²) in [6.07, 6.45) is 3.01. The summed E-state index contributed by atoms with van der Waals surface area (Å²) in [5.41, 5.74) is 0.594. The Morgan fingerprint density at radius 1 is 1.50 bits per heavy atom. The number of hydrogen-bond donors (Lipinski definition) is 1. The Bertz CT molecular complexity index is 777. The minimum Gasteiger partial charge on any atom is -0.276 e. The highest BCUT2D eigenvalue weighted by Gasteiger charge is 2.16. The minimum absolute atomic E-state index is 0.00857. The van der Waals surface area contributed by atoms with E-state index >= 15 is 0 Å². The van der Waals surface area contributed by atoms with Crippen LogP contribution in [0.4, 0.5) is 5.69 Å². The van der Waals surface area contributed by atoms with E-state index in [4.69, 9.17) is 16.9 Å². The molecule has 2 aromatic rings. The van der Waals surface area contributed by atoms with E-state index in [-0.39, 0.29) is 15.5 Å². The highest BCUT2D eigenvalue weighted by molar-refractivity contribution is 7.92. The average Bonchev–Trinajstić information content (AvgIpc) is 2.85. The second-order valence-electron chi connectivity index (χ2n) is 3.94. The van der Waals surface area contributed by atoms with Gasteiger partial charge in [-0.1, -0.05) is 11.6 Å². The normalized spacial score (nSPS) is 11.1. The Morgan fingerprint density at radius 3 is 2.80 bits per heavy atom. The van der Waals surface area contributed by atoms with Crippen molar-refractivity contribution in [3.05, 3.63) is 41.2 Å². The van der Waals surface area contributed by atoms with Crippen molar-refractivity contribution in [1.82, 2.24) is 9.78 Å². The molecule has 0 aliphatic heterocycles. The van der Waals surface area contributed by atoms with Gasteiger partial charge in [-0.2, -0.15) is 10.4 Å². The number of rotatable bonds is 4. The second-order valence-corrected chi connectivity index (χ2v) is 6.03. The third-order valence-corrected chi connectivity index (χ3v) is 4.27. The van der Waals surface area contributed by atoms with Crippen molar-refractivity contribution in [3.63, 3.8) is 0 Å². The predicted molar refractivity (Wildman–Crippen MR) is 74.9 cm³/mol. The van der Waals surface area contributed by atoms with Crippen molar-refractivity contribution < 1.29 is 8.42 Å². The number of aromatic nitrogens is 2. The van der Waals surface area contributed by atoms with Crippen LogP contribution >= 0.6 is 11.6 Å². The van der Waals surface area contributed by atoms with Crippen LogP contribution in [0, 0.1) is 11.3 Å². The molecule has 1 heterocycles. The van der Waals surface area contributed by atoms with Crippen LogP contribution < -0.4 is 4.72 Å². The van der Waals surface area contributed by atoms with Crippen LogP contribution in [0.5, 0.6) is 0 Å². The van der Waals surface area contributed by atoms with E-state index < -0.39 is 10.0 Å². The molecule has 1 aromatic carbocycles. The lowest BCUT2D eigenvalue weighted by atomic mass is 10.2. The van der Waals surface area contributed by atoms with Crippen LogP contribution in [0.15, 0.2) is 35.5 Å². The van der Waals surface area contributed by atoms with Crippen molar-refractivity contribution in [2.45, 2.75) is 18.4 Å². The summed E-state index contributed by atoms with van der Waals surface area (Å²) in [7, 11) is -3.75. The molecule has 0 bridgehead atoms. The highest BCUT2D eigenvalue weighted by atomic mass is 35.5. The summed E-state index contributed by atoms with van der Waals surface area (Å²) < 4.78 is 28.3. The molecule has 2 rings (SSSR count). The van der Waals surface area contributed by atoms with E-state index in [1.165, 1.54) is 24.4 Å². The third kappa shape index (κ3) is 2.92. The number of halogens is 1. The number of anilines is 1. The number of aryl methyl sites for hydroxylation is 1. The maximum absolute atomic E-state index is 12.2. The van der Waals surface area contributed by atoms with Crippen molar-refractivity contribution in [1.29, 1.82) is 5.26 Å². The summed E-state index contributed by atoms with van der Waals surface area (Å²) in [5.74, 6) is 0. The zero-order chi connectivity index (χ0) is 14.8. The van der Waals surface area contributed by atoms with Gasteiger partial charge in [0.2, 0.25) is 0 Å². The maximum Gasteiger partial charge on any atom is 0.262 e. The fourth-order valence-electron chi connectivity index (χ4n) is 1.56. The summed E-state index contributed by atoms with van der Waals surface area (Å²) >= 11 is 5.83. The lowest BCUT2D eigenvalue weighted by molar-refractivity contribution is 0.601. The van der Waals surface area contributed by atoms with Crippen molar-refractivity contribution in [2.24, 2.45) is 0 Å². The lowest BCUT2D eigenvalue weighted by Gasteiger charge is -2.06. The molecule has 0 saturated carbocycles. The number of nitriles is 1. The molecule has 20 heavy (non-hydrogen) atoms. The molecule has 0 radical (unpaired) electrons. The largest absolute Gasteiger partial charge is 0.276 e. The zero-order valence-corrected chi connectivity index (χ0v) is 12.1. The Balaban J connectivity index is 2.31. The molecular formula is C12H11ClN4O2S. The molecule has 0 atom stereocenters. The van der Waals surface area contributed by atoms with Crippen LogP contribution in [0.3, 0.4) is 0 Å². The molecule has 104 valence electrons. The van der Waals surface area contributed by atoms with Crippen molar-refractivity contribution in [2.75, 3.05) is 4.72 Å². The zero-order valence-electron chi connectivity index (χ0n) is 10.5. The van der Waals surface area contributed by atoms with E-state index in [9.17, 15) is 8.42 Å². The predicted octanol–water partition coefficient (Wildman–Crippen LogP) is 2.23. The van der Waals surface area contributed by atoms with Gasteiger partial charge in [0.05, 0.1) is 27.4 Å². The molecule has 0 aliphatic rings. The minimum atomic E-state index is -3.75. The van der Waals surface area contributed by atoms with Crippen molar-refractivity contribution >= 4 is 27.3 Å². The molecule has 0 fully saturated rings. The number of benzene rings is 1. The molecule has 0 unspecified atom stereocenters. The van der Waals surface area contributed by atoms with Gasteiger partial charge in [0, 0.05) is 12.7 Å². The van der Waals surface area contributed by atoms with Gasteiger partial charge in [0.1, 0.15) is 6.07 Å². The fraction of sp³-hybridized carbons (Fsp3) is 0.167. The van der Waals surface area contributed by atoms with Gasteiger partial charge in [-0.15, -0.1) is 0 Å². The Morgan fingerprint density at radius 2 is 2.25 bits per heavy atom. The maximum atomic E-state index is 12.2. The molecule has 0 saturated heterocycles. The Labute approximate surface area is 121 Å². The standard InChI is InChI=1S/C12H11ClN4O2S/c1-2-17-8-10(7-15-17)16-20(18,19)11-4-3-9(6-14)12(13)5-11/h3-5,7-8,16H,2H2,1H3. The van der Waals surface area contributed by atoms with Crippen molar-refractivity contribution in [3.8, 4) is 6.07 Å². The van der Waals surface area contributed by atoms with E-state index in [0.29, 0.717) is 12.2 Å². The molecule has 0 amide bonds. The first kappa shape index (κ1) is 14.4. The van der Waals surface area contributed by atoms with E-state index in [0.717, 1.165) is 0 Å². The van der Waals surface area contributed by atoms with Crippen LogP contribution in [-0.4, -0.2) is 18.2 Å². The van der Waals surface area contributed by atoms with Gasteiger partial charge in [-0.25, -0.2) is 8.42 Å². The fourth-order valence-corrected chi connectivity index (χ4v) is 2.90. The molecule has 8 heteroatoms.